The van der Waals surface area contributed by atoms with Gasteiger partial charge in [0.2, 0.25) is 0 Å². The van der Waals surface area contributed by atoms with Crippen molar-refractivity contribution < 1.29 is 9.59 Å². The number of hydrogen-bond acceptors (Lipinski definition) is 3. The molecule has 4 heteroatoms. The molecule has 1 rings (SSSR count). The van der Waals surface area contributed by atoms with Crippen LogP contribution in [0.4, 0.5) is 0 Å². The van der Waals surface area contributed by atoms with Crippen molar-refractivity contribution in [2.45, 2.75) is 33.7 Å². The maximum absolute atomic E-state index is 11.6. The summed E-state index contributed by atoms with van der Waals surface area (Å²) in [5, 5.41) is 0. The zero-order valence-electron chi connectivity index (χ0n) is 9.36. The zero-order valence-corrected chi connectivity index (χ0v) is 9.36. The van der Waals surface area contributed by atoms with Crippen molar-refractivity contribution in [3.8, 4) is 0 Å². The highest BCUT2D eigenvalue weighted by molar-refractivity contribution is 6.07. The van der Waals surface area contributed by atoms with E-state index in [1.54, 1.807) is 26.4 Å². The van der Waals surface area contributed by atoms with E-state index >= 15 is 0 Å². The van der Waals surface area contributed by atoms with E-state index in [2.05, 4.69) is 4.98 Å². The first-order valence-corrected chi connectivity index (χ1v) is 5.12. The molecule has 0 saturated carbocycles. The van der Waals surface area contributed by atoms with Gasteiger partial charge in [0.05, 0.1) is 12.7 Å². The van der Waals surface area contributed by atoms with Crippen molar-refractivity contribution >= 4 is 11.6 Å². The van der Waals surface area contributed by atoms with Gasteiger partial charge < -0.3 is 4.57 Å². The topological polar surface area (TPSA) is 52.0 Å². The number of imidazole rings is 1. The van der Waals surface area contributed by atoms with Gasteiger partial charge in [-0.25, -0.2) is 4.98 Å². The van der Waals surface area contributed by atoms with Crippen LogP contribution in [0.25, 0.3) is 0 Å². The summed E-state index contributed by atoms with van der Waals surface area (Å²) in [7, 11) is 0. The van der Waals surface area contributed by atoms with Crippen molar-refractivity contribution in [1.29, 1.82) is 0 Å². The summed E-state index contributed by atoms with van der Waals surface area (Å²) < 4.78 is 1.81. The number of aromatic nitrogens is 2. The Morgan fingerprint density at radius 2 is 2.13 bits per heavy atom. The standard InChI is InChI=1S/C11H16N2O2/c1-4-13-6-9(12-7-13)11(15)5-10(14)8(2)3/h6-8H,4-5H2,1-3H3. The number of Topliss-reactive ketones (excluding diaryl/α,β-unsaturated/α-hetero) is 2. The summed E-state index contributed by atoms with van der Waals surface area (Å²) in [6, 6.07) is 0. The molecule has 1 aromatic heterocycles. The van der Waals surface area contributed by atoms with E-state index in [1.807, 2.05) is 11.5 Å². The predicted molar refractivity (Wildman–Crippen MR) is 56.7 cm³/mol. The predicted octanol–water partition coefficient (Wildman–Crippen LogP) is 1.70. The van der Waals surface area contributed by atoms with Crippen LogP contribution in [0.5, 0.6) is 0 Å². The Bertz CT molecular complexity index is 366. The number of nitrogens with zero attached hydrogens (tertiary/aromatic N) is 2. The van der Waals surface area contributed by atoms with Crippen LogP contribution in [-0.4, -0.2) is 21.1 Å². The molecule has 4 nitrogen and oxygen atoms in total. The summed E-state index contributed by atoms with van der Waals surface area (Å²) in [6.45, 7) is 6.33. The van der Waals surface area contributed by atoms with Gasteiger partial charge in [-0.15, -0.1) is 0 Å². The average molecular weight is 208 g/mol. The molecule has 82 valence electrons. The first-order chi connectivity index (χ1) is 7.04. The second-order valence-electron chi connectivity index (χ2n) is 3.81. The van der Waals surface area contributed by atoms with E-state index in [4.69, 9.17) is 0 Å². The fourth-order valence-corrected chi connectivity index (χ4v) is 1.13. The van der Waals surface area contributed by atoms with Crippen molar-refractivity contribution in [3.63, 3.8) is 0 Å². The Morgan fingerprint density at radius 1 is 1.47 bits per heavy atom. The summed E-state index contributed by atoms with van der Waals surface area (Å²) in [5.74, 6) is -0.325. The summed E-state index contributed by atoms with van der Waals surface area (Å²) in [4.78, 5) is 26.9. The normalized spacial score (nSPS) is 10.7. The number of carbonyl (C=O) groups is 2. The molecule has 0 aliphatic carbocycles. The van der Waals surface area contributed by atoms with E-state index in [9.17, 15) is 9.59 Å². The third-order valence-corrected chi connectivity index (χ3v) is 2.26. The summed E-state index contributed by atoms with van der Waals surface area (Å²) in [5.41, 5.74) is 0.380. The van der Waals surface area contributed by atoms with E-state index < -0.39 is 0 Å². The third-order valence-electron chi connectivity index (χ3n) is 2.26. The minimum absolute atomic E-state index is 0.0361. The van der Waals surface area contributed by atoms with Crippen LogP contribution < -0.4 is 0 Å². The zero-order chi connectivity index (χ0) is 11.4. The van der Waals surface area contributed by atoms with Gasteiger partial charge in [0.15, 0.2) is 5.78 Å². The fraction of sp³-hybridized carbons (Fsp3) is 0.545. The van der Waals surface area contributed by atoms with E-state index in [-0.39, 0.29) is 23.9 Å². The maximum atomic E-state index is 11.6. The Balaban J connectivity index is 2.65. The molecule has 0 radical (unpaired) electrons. The monoisotopic (exact) mass is 208 g/mol. The molecule has 0 atom stereocenters. The SMILES string of the molecule is CCn1cnc(C(=O)CC(=O)C(C)C)c1. The van der Waals surface area contributed by atoms with Gasteiger partial charge in [0, 0.05) is 18.7 Å². The first-order valence-electron chi connectivity index (χ1n) is 5.12. The van der Waals surface area contributed by atoms with E-state index in [0.29, 0.717) is 5.69 Å². The van der Waals surface area contributed by atoms with Gasteiger partial charge in [-0.3, -0.25) is 9.59 Å². The number of carbonyl (C=O) groups excluding carboxylic acids is 2. The number of ketones is 2. The van der Waals surface area contributed by atoms with Crippen LogP contribution in [-0.2, 0) is 11.3 Å². The molecule has 0 amide bonds. The molecule has 0 unspecified atom stereocenters. The van der Waals surface area contributed by atoms with Crippen molar-refractivity contribution in [2.24, 2.45) is 5.92 Å². The van der Waals surface area contributed by atoms with Crippen LogP contribution in [0.15, 0.2) is 12.5 Å². The Labute approximate surface area is 89.3 Å². The van der Waals surface area contributed by atoms with E-state index in [1.165, 1.54) is 0 Å². The van der Waals surface area contributed by atoms with Crippen LogP contribution >= 0.6 is 0 Å². The smallest absolute Gasteiger partial charge is 0.190 e. The number of hydrogen-bond donors (Lipinski definition) is 0. The van der Waals surface area contributed by atoms with Gasteiger partial charge >= 0.3 is 0 Å². The molecule has 15 heavy (non-hydrogen) atoms. The van der Waals surface area contributed by atoms with Crippen molar-refractivity contribution in [2.75, 3.05) is 0 Å². The lowest BCUT2D eigenvalue weighted by Crippen LogP contribution is -2.13. The second-order valence-corrected chi connectivity index (χ2v) is 3.81. The van der Waals surface area contributed by atoms with Crippen LogP contribution in [0.3, 0.4) is 0 Å². The number of rotatable bonds is 5. The lowest BCUT2D eigenvalue weighted by molar-refractivity contribution is -0.121. The minimum atomic E-state index is -0.194. The van der Waals surface area contributed by atoms with Gasteiger partial charge in [0.25, 0.3) is 0 Å². The van der Waals surface area contributed by atoms with Gasteiger partial charge in [-0.05, 0) is 6.92 Å². The molecular weight excluding hydrogens is 192 g/mol. The molecule has 0 aliphatic heterocycles. The molecule has 0 bridgehead atoms. The lowest BCUT2D eigenvalue weighted by Gasteiger charge is -2.00. The maximum Gasteiger partial charge on any atom is 0.190 e. The highest BCUT2D eigenvalue weighted by Gasteiger charge is 2.16. The Morgan fingerprint density at radius 3 is 2.60 bits per heavy atom. The van der Waals surface area contributed by atoms with Crippen molar-refractivity contribution in [1.82, 2.24) is 9.55 Å². The fourth-order valence-electron chi connectivity index (χ4n) is 1.13. The van der Waals surface area contributed by atoms with Crippen LogP contribution in [0.2, 0.25) is 0 Å². The van der Waals surface area contributed by atoms with Crippen LogP contribution in [0, 0.1) is 5.92 Å². The molecule has 0 saturated heterocycles. The second kappa shape index (κ2) is 4.87. The average Bonchev–Trinajstić information content (AvgIpc) is 2.65. The summed E-state index contributed by atoms with van der Waals surface area (Å²) in [6.07, 6.45) is 3.24. The molecule has 0 fully saturated rings. The molecule has 0 aromatic carbocycles. The van der Waals surface area contributed by atoms with E-state index in [0.717, 1.165) is 6.54 Å². The highest BCUT2D eigenvalue weighted by Crippen LogP contribution is 2.05. The first kappa shape index (κ1) is 11.6. The molecular formula is C11H16N2O2. The quantitative estimate of drug-likeness (QED) is 0.546. The van der Waals surface area contributed by atoms with Gasteiger partial charge in [0.1, 0.15) is 11.5 Å². The minimum Gasteiger partial charge on any atom is -0.337 e. The third kappa shape index (κ3) is 3.01. The molecule has 0 aliphatic rings. The molecule has 1 aromatic rings. The Hall–Kier alpha value is -1.45. The summed E-state index contributed by atoms with van der Waals surface area (Å²) >= 11 is 0. The molecule has 1 heterocycles. The lowest BCUT2D eigenvalue weighted by atomic mass is 10.0. The van der Waals surface area contributed by atoms with Crippen molar-refractivity contribution in [3.05, 3.63) is 18.2 Å². The van der Waals surface area contributed by atoms with Gasteiger partial charge in [-0.1, -0.05) is 13.8 Å². The number of aryl methyl sites for hydroxylation is 1. The highest BCUT2D eigenvalue weighted by atomic mass is 16.1. The van der Waals surface area contributed by atoms with Gasteiger partial charge in [-0.2, -0.15) is 0 Å². The van der Waals surface area contributed by atoms with Crippen LogP contribution in [0.1, 0.15) is 37.7 Å². The Kier molecular flexibility index (Phi) is 3.77. The molecule has 0 spiro atoms. The largest absolute Gasteiger partial charge is 0.337 e. The molecule has 0 N–H and O–H groups in total.